The largest absolute Gasteiger partial charge is 0.479 e. The van der Waals surface area contributed by atoms with Crippen molar-refractivity contribution in [3.63, 3.8) is 0 Å². The molecule has 0 aliphatic carbocycles. The minimum atomic E-state index is -0.600. The molecular formula is C11H15FN6O. The van der Waals surface area contributed by atoms with E-state index in [9.17, 15) is 4.39 Å². The fraction of sp³-hybridized carbons (Fsp3) is 0.455. The molecule has 102 valence electrons. The van der Waals surface area contributed by atoms with Crippen molar-refractivity contribution in [2.75, 3.05) is 12.4 Å². The second kappa shape index (κ2) is 5.59. The number of aryl methyl sites for hydroxylation is 1. The first-order valence-electron chi connectivity index (χ1n) is 5.86. The molecule has 2 aromatic heterocycles. The summed E-state index contributed by atoms with van der Waals surface area (Å²) < 4.78 is 19.8. The lowest BCUT2D eigenvalue weighted by Crippen LogP contribution is -2.16. The van der Waals surface area contributed by atoms with E-state index in [2.05, 4.69) is 25.4 Å². The Kier molecular flexibility index (Phi) is 3.88. The van der Waals surface area contributed by atoms with Crippen molar-refractivity contribution in [3.05, 3.63) is 24.2 Å². The van der Waals surface area contributed by atoms with Crippen LogP contribution in [0, 0.1) is 5.82 Å². The number of methoxy groups -OCH3 is 1. The summed E-state index contributed by atoms with van der Waals surface area (Å²) in [6.07, 6.45) is 2.55. The fourth-order valence-electron chi connectivity index (χ4n) is 1.67. The molecule has 8 heteroatoms. The smallest absolute Gasteiger partial charge is 0.255 e. The molecular weight excluding hydrogens is 251 g/mol. The van der Waals surface area contributed by atoms with Crippen LogP contribution >= 0.6 is 0 Å². The van der Waals surface area contributed by atoms with E-state index in [1.807, 2.05) is 13.8 Å². The van der Waals surface area contributed by atoms with Gasteiger partial charge >= 0.3 is 0 Å². The fourth-order valence-corrected chi connectivity index (χ4v) is 1.67. The summed E-state index contributed by atoms with van der Waals surface area (Å²) in [5, 5.41) is 7.11. The number of ether oxygens (including phenoxy) is 1. The zero-order valence-electron chi connectivity index (χ0n) is 11.0. The molecule has 0 fully saturated rings. The molecule has 0 saturated heterocycles. The molecule has 1 unspecified atom stereocenters. The average molecular weight is 266 g/mol. The number of hydrogen-bond donors (Lipinski definition) is 1. The van der Waals surface area contributed by atoms with Crippen LogP contribution in [0.3, 0.4) is 0 Å². The van der Waals surface area contributed by atoms with Gasteiger partial charge < -0.3 is 10.1 Å². The third kappa shape index (κ3) is 2.78. The maximum absolute atomic E-state index is 13.2. The quantitative estimate of drug-likeness (QED) is 0.881. The molecule has 7 nitrogen and oxygen atoms in total. The first-order chi connectivity index (χ1) is 9.15. The minimum Gasteiger partial charge on any atom is -0.479 e. The molecule has 1 N–H and O–H groups in total. The molecule has 1 atom stereocenters. The number of nitrogens with zero attached hydrogens (tertiary/aromatic N) is 5. The highest BCUT2D eigenvalue weighted by Gasteiger charge is 2.14. The molecule has 2 heterocycles. The molecule has 0 spiro atoms. The Morgan fingerprint density at radius 2 is 2.26 bits per heavy atom. The van der Waals surface area contributed by atoms with Crippen molar-refractivity contribution < 1.29 is 9.13 Å². The molecule has 0 amide bonds. The van der Waals surface area contributed by atoms with E-state index in [0.29, 0.717) is 0 Å². The maximum atomic E-state index is 13.2. The van der Waals surface area contributed by atoms with E-state index in [-0.39, 0.29) is 17.9 Å². The van der Waals surface area contributed by atoms with Gasteiger partial charge in [0.05, 0.1) is 19.3 Å². The van der Waals surface area contributed by atoms with Crippen molar-refractivity contribution in [2.45, 2.75) is 26.4 Å². The summed E-state index contributed by atoms with van der Waals surface area (Å²) in [5.74, 6) is 0.338. The van der Waals surface area contributed by atoms with E-state index < -0.39 is 5.82 Å². The van der Waals surface area contributed by atoms with Gasteiger partial charge in [0.25, 0.3) is 5.88 Å². The Hall–Kier alpha value is -2.25. The molecule has 0 saturated carbocycles. The van der Waals surface area contributed by atoms with E-state index in [1.54, 1.807) is 4.68 Å². The summed E-state index contributed by atoms with van der Waals surface area (Å²) in [7, 11) is 1.35. The first kappa shape index (κ1) is 13.2. The maximum Gasteiger partial charge on any atom is 0.255 e. The SMILES string of the molecule is CCn1ncnc1C(C)Nc1ncc(F)c(OC)n1. The lowest BCUT2D eigenvalue weighted by atomic mass is 10.3. The van der Waals surface area contributed by atoms with Gasteiger partial charge in [0, 0.05) is 6.54 Å². The van der Waals surface area contributed by atoms with Crippen molar-refractivity contribution in [2.24, 2.45) is 0 Å². The van der Waals surface area contributed by atoms with Gasteiger partial charge in [-0.2, -0.15) is 14.5 Å². The van der Waals surface area contributed by atoms with Crippen LogP contribution in [-0.4, -0.2) is 31.8 Å². The second-order valence-corrected chi connectivity index (χ2v) is 3.85. The van der Waals surface area contributed by atoms with Crippen LogP contribution in [0.15, 0.2) is 12.5 Å². The van der Waals surface area contributed by atoms with E-state index >= 15 is 0 Å². The molecule has 0 aromatic carbocycles. The minimum absolute atomic E-state index is 0.0957. The highest BCUT2D eigenvalue weighted by molar-refractivity contribution is 5.30. The van der Waals surface area contributed by atoms with Crippen molar-refractivity contribution in [3.8, 4) is 5.88 Å². The van der Waals surface area contributed by atoms with Gasteiger partial charge in [-0.25, -0.2) is 14.6 Å². The summed E-state index contributed by atoms with van der Waals surface area (Å²) in [6, 6.07) is -0.155. The summed E-state index contributed by atoms with van der Waals surface area (Å²) >= 11 is 0. The summed E-state index contributed by atoms with van der Waals surface area (Å²) in [4.78, 5) is 11.9. The van der Waals surface area contributed by atoms with Crippen LogP contribution in [0.4, 0.5) is 10.3 Å². The molecule has 0 aliphatic rings. The second-order valence-electron chi connectivity index (χ2n) is 3.85. The van der Waals surface area contributed by atoms with Gasteiger partial charge in [-0.05, 0) is 13.8 Å². The standard InChI is InChI=1S/C11H15FN6O/c1-4-18-9(14-6-15-18)7(2)16-11-13-5-8(12)10(17-11)19-3/h5-7H,4H2,1-3H3,(H,13,16,17). The van der Waals surface area contributed by atoms with Gasteiger partial charge in [0.1, 0.15) is 12.2 Å². The van der Waals surface area contributed by atoms with Crippen molar-refractivity contribution in [1.29, 1.82) is 0 Å². The number of rotatable bonds is 5. The summed E-state index contributed by atoms with van der Waals surface area (Å²) in [5.41, 5.74) is 0. The van der Waals surface area contributed by atoms with Crippen LogP contribution < -0.4 is 10.1 Å². The molecule has 2 rings (SSSR count). The Labute approximate surface area is 109 Å². The molecule has 0 radical (unpaired) electrons. The van der Waals surface area contributed by atoms with E-state index in [0.717, 1.165) is 18.6 Å². The van der Waals surface area contributed by atoms with Crippen LogP contribution in [0.1, 0.15) is 25.7 Å². The number of hydrogen-bond acceptors (Lipinski definition) is 6. The predicted molar refractivity (Wildman–Crippen MR) is 66.3 cm³/mol. The van der Waals surface area contributed by atoms with E-state index in [4.69, 9.17) is 4.74 Å². The highest BCUT2D eigenvalue weighted by Crippen LogP contribution is 2.18. The number of halogens is 1. The first-order valence-corrected chi connectivity index (χ1v) is 5.86. The number of nitrogens with one attached hydrogen (secondary N) is 1. The summed E-state index contributed by atoms with van der Waals surface area (Å²) in [6.45, 7) is 4.59. The monoisotopic (exact) mass is 266 g/mol. The molecule has 0 bridgehead atoms. The van der Waals surface area contributed by atoms with Gasteiger partial charge in [-0.3, -0.25) is 0 Å². The van der Waals surface area contributed by atoms with Crippen molar-refractivity contribution in [1.82, 2.24) is 24.7 Å². The van der Waals surface area contributed by atoms with Crippen LogP contribution in [0.2, 0.25) is 0 Å². The van der Waals surface area contributed by atoms with E-state index in [1.165, 1.54) is 13.4 Å². The zero-order chi connectivity index (χ0) is 13.8. The Balaban J connectivity index is 2.17. The van der Waals surface area contributed by atoms with Gasteiger partial charge in [0.2, 0.25) is 11.8 Å². The van der Waals surface area contributed by atoms with Gasteiger partial charge in [-0.15, -0.1) is 0 Å². The van der Waals surface area contributed by atoms with Gasteiger partial charge in [0.15, 0.2) is 0 Å². The third-order valence-electron chi connectivity index (χ3n) is 2.58. The van der Waals surface area contributed by atoms with Crippen LogP contribution in [-0.2, 0) is 6.54 Å². The van der Waals surface area contributed by atoms with Crippen LogP contribution in [0.5, 0.6) is 5.88 Å². The predicted octanol–water partition coefficient (Wildman–Crippen LogP) is 1.41. The normalized spacial score (nSPS) is 12.2. The van der Waals surface area contributed by atoms with Gasteiger partial charge in [-0.1, -0.05) is 0 Å². The lowest BCUT2D eigenvalue weighted by molar-refractivity contribution is 0.367. The average Bonchev–Trinajstić information content (AvgIpc) is 2.89. The number of aromatic nitrogens is 5. The number of anilines is 1. The Bertz CT molecular complexity index is 558. The molecule has 2 aromatic rings. The van der Waals surface area contributed by atoms with Crippen molar-refractivity contribution >= 4 is 5.95 Å². The topological polar surface area (TPSA) is 77.8 Å². The Morgan fingerprint density at radius 1 is 1.47 bits per heavy atom. The zero-order valence-corrected chi connectivity index (χ0v) is 11.0. The third-order valence-corrected chi connectivity index (χ3v) is 2.58. The lowest BCUT2D eigenvalue weighted by Gasteiger charge is -2.14. The highest BCUT2D eigenvalue weighted by atomic mass is 19.1. The molecule has 19 heavy (non-hydrogen) atoms. The Morgan fingerprint density at radius 3 is 2.95 bits per heavy atom. The molecule has 0 aliphatic heterocycles. The van der Waals surface area contributed by atoms with Crippen LogP contribution in [0.25, 0.3) is 0 Å².